The van der Waals surface area contributed by atoms with E-state index in [1.165, 1.54) is 15.9 Å². The van der Waals surface area contributed by atoms with Crippen LogP contribution in [-0.2, 0) is 25.7 Å². The highest BCUT2D eigenvalue weighted by Gasteiger charge is 2.45. The molecule has 3 atom stereocenters. The van der Waals surface area contributed by atoms with E-state index in [2.05, 4.69) is 15.3 Å². The van der Waals surface area contributed by atoms with Crippen LogP contribution in [0.5, 0.6) is 0 Å². The van der Waals surface area contributed by atoms with Gasteiger partial charge in [-0.2, -0.15) is 0 Å². The fourth-order valence-electron chi connectivity index (χ4n) is 5.07. The van der Waals surface area contributed by atoms with Gasteiger partial charge in [0, 0.05) is 49.6 Å². The van der Waals surface area contributed by atoms with Crippen molar-refractivity contribution < 1.29 is 27.9 Å². The molecular formula is C30H33F2N5O4. The second-order valence-electron chi connectivity index (χ2n) is 10.3. The number of benzene rings is 2. The first kappa shape index (κ1) is 29.7. The third-order valence-corrected chi connectivity index (χ3v) is 7.08. The SMILES string of the molecule is COC(=O)[C@H](c1c(F)cccc1F)N1C[C@@H](C)N(C(=O)C(C)C)[C@@H](C(=O)NCc2ccc(-c3ncccn3)cc2)C1. The van der Waals surface area contributed by atoms with Crippen molar-refractivity contribution in [2.75, 3.05) is 20.2 Å². The van der Waals surface area contributed by atoms with Crippen LogP contribution in [0.15, 0.2) is 60.9 Å². The summed E-state index contributed by atoms with van der Waals surface area (Å²) in [7, 11) is 1.13. The maximum absolute atomic E-state index is 14.8. The summed E-state index contributed by atoms with van der Waals surface area (Å²) in [4.78, 5) is 51.2. The summed E-state index contributed by atoms with van der Waals surface area (Å²) in [5.41, 5.74) is 1.17. The van der Waals surface area contributed by atoms with Gasteiger partial charge in [0.05, 0.1) is 12.7 Å². The first-order valence-corrected chi connectivity index (χ1v) is 13.3. The van der Waals surface area contributed by atoms with Gasteiger partial charge in [-0.1, -0.05) is 44.2 Å². The number of carbonyl (C=O) groups is 3. The Morgan fingerprint density at radius 2 is 1.63 bits per heavy atom. The van der Waals surface area contributed by atoms with Crippen molar-refractivity contribution in [1.29, 1.82) is 0 Å². The minimum atomic E-state index is -1.44. The summed E-state index contributed by atoms with van der Waals surface area (Å²) in [6, 6.07) is 9.44. The minimum Gasteiger partial charge on any atom is -0.468 e. The van der Waals surface area contributed by atoms with E-state index in [0.717, 1.165) is 30.4 Å². The number of hydrogen-bond donors (Lipinski definition) is 1. The van der Waals surface area contributed by atoms with Crippen LogP contribution in [0.2, 0.25) is 0 Å². The molecule has 1 fully saturated rings. The largest absolute Gasteiger partial charge is 0.468 e. The van der Waals surface area contributed by atoms with Crippen LogP contribution >= 0.6 is 0 Å². The van der Waals surface area contributed by atoms with Crippen molar-refractivity contribution >= 4 is 17.8 Å². The molecule has 1 aliphatic heterocycles. The topological polar surface area (TPSA) is 105 Å². The summed E-state index contributed by atoms with van der Waals surface area (Å²) in [6.07, 6.45) is 3.31. The number of esters is 1. The average Bonchev–Trinajstić information content (AvgIpc) is 2.97. The maximum Gasteiger partial charge on any atom is 0.327 e. The number of piperazine rings is 1. The van der Waals surface area contributed by atoms with Gasteiger partial charge in [0.25, 0.3) is 0 Å². The predicted molar refractivity (Wildman–Crippen MR) is 147 cm³/mol. The maximum atomic E-state index is 14.8. The number of amides is 2. The molecule has 4 rings (SSSR count). The summed E-state index contributed by atoms with van der Waals surface area (Å²) < 4.78 is 34.6. The molecule has 2 heterocycles. The predicted octanol–water partition coefficient (Wildman–Crippen LogP) is 3.51. The number of aromatic nitrogens is 2. The number of rotatable bonds is 8. The Bertz CT molecular complexity index is 1370. The Balaban J connectivity index is 1.59. The number of nitrogens with one attached hydrogen (secondary N) is 1. The van der Waals surface area contributed by atoms with Crippen LogP contribution in [0, 0.1) is 17.6 Å². The molecule has 11 heteroatoms. The van der Waals surface area contributed by atoms with Crippen molar-refractivity contribution in [3.8, 4) is 11.4 Å². The smallest absolute Gasteiger partial charge is 0.327 e. The Hall–Kier alpha value is -4.25. The molecule has 0 radical (unpaired) electrons. The number of carbonyl (C=O) groups excluding carboxylic acids is 3. The van der Waals surface area contributed by atoms with Gasteiger partial charge in [-0.05, 0) is 30.7 Å². The van der Waals surface area contributed by atoms with Crippen molar-refractivity contribution in [2.45, 2.75) is 45.4 Å². The second-order valence-corrected chi connectivity index (χ2v) is 10.3. The average molecular weight is 566 g/mol. The molecule has 0 unspecified atom stereocenters. The van der Waals surface area contributed by atoms with Gasteiger partial charge in [0.15, 0.2) is 5.82 Å². The number of nitrogens with zero attached hydrogens (tertiary/aromatic N) is 4. The molecule has 2 aromatic carbocycles. The molecule has 0 spiro atoms. The molecule has 0 aliphatic carbocycles. The zero-order valence-electron chi connectivity index (χ0n) is 23.4. The summed E-state index contributed by atoms with van der Waals surface area (Å²) in [5, 5.41) is 2.88. The fourth-order valence-corrected chi connectivity index (χ4v) is 5.07. The molecule has 1 N–H and O–H groups in total. The van der Waals surface area contributed by atoms with Gasteiger partial charge in [-0.3, -0.25) is 14.5 Å². The van der Waals surface area contributed by atoms with E-state index in [-0.39, 0.29) is 25.5 Å². The lowest BCUT2D eigenvalue weighted by Gasteiger charge is -2.47. The molecule has 1 saturated heterocycles. The van der Waals surface area contributed by atoms with Gasteiger partial charge in [0.2, 0.25) is 11.8 Å². The van der Waals surface area contributed by atoms with Gasteiger partial charge < -0.3 is 15.0 Å². The highest BCUT2D eigenvalue weighted by atomic mass is 19.1. The Morgan fingerprint density at radius 3 is 2.22 bits per heavy atom. The zero-order chi connectivity index (χ0) is 29.7. The van der Waals surface area contributed by atoms with E-state index in [0.29, 0.717) is 5.82 Å². The molecule has 41 heavy (non-hydrogen) atoms. The van der Waals surface area contributed by atoms with Crippen molar-refractivity contribution in [3.63, 3.8) is 0 Å². The molecule has 0 saturated carbocycles. The Kier molecular flexibility index (Phi) is 9.38. The first-order chi connectivity index (χ1) is 19.6. The fraction of sp³-hybridized carbons (Fsp3) is 0.367. The molecule has 3 aromatic rings. The molecule has 216 valence electrons. The third-order valence-electron chi connectivity index (χ3n) is 7.08. The van der Waals surface area contributed by atoms with E-state index in [4.69, 9.17) is 4.74 Å². The van der Waals surface area contributed by atoms with Crippen molar-refractivity contribution in [2.24, 2.45) is 5.92 Å². The first-order valence-electron chi connectivity index (χ1n) is 13.3. The molecule has 1 aliphatic rings. The lowest BCUT2D eigenvalue weighted by molar-refractivity contribution is -0.157. The van der Waals surface area contributed by atoms with Gasteiger partial charge >= 0.3 is 5.97 Å². The minimum absolute atomic E-state index is 0.0960. The molecular weight excluding hydrogens is 532 g/mol. The molecule has 9 nitrogen and oxygen atoms in total. The van der Waals surface area contributed by atoms with Gasteiger partial charge in [-0.15, -0.1) is 0 Å². The van der Waals surface area contributed by atoms with Crippen molar-refractivity contribution in [1.82, 2.24) is 25.1 Å². The molecule has 0 bridgehead atoms. The monoisotopic (exact) mass is 565 g/mol. The van der Waals surface area contributed by atoms with Crippen LogP contribution in [0.4, 0.5) is 8.78 Å². The van der Waals surface area contributed by atoms with Crippen LogP contribution in [-0.4, -0.2) is 69.8 Å². The van der Waals surface area contributed by atoms with Crippen LogP contribution in [0.3, 0.4) is 0 Å². The van der Waals surface area contributed by atoms with E-state index in [1.54, 1.807) is 39.2 Å². The quantitative estimate of drug-likeness (QED) is 0.417. The van der Waals surface area contributed by atoms with Crippen LogP contribution in [0.1, 0.15) is 37.9 Å². The summed E-state index contributed by atoms with van der Waals surface area (Å²) >= 11 is 0. The third kappa shape index (κ3) is 6.57. The highest BCUT2D eigenvalue weighted by molar-refractivity contribution is 5.89. The van der Waals surface area contributed by atoms with Crippen LogP contribution < -0.4 is 5.32 Å². The van der Waals surface area contributed by atoms with E-state index < -0.39 is 53.1 Å². The number of halogens is 2. The zero-order valence-corrected chi connectivity index (χ0v) is 23.4. The summed E-state index contributed by atoms with van der Waals surface area (Å²) in [5.74, 6) is -3.19. The number of hydrogen-bond acceptors (Lipinski definition) is 7. The number of methoxy groups -OCH3 is 1. The molecule has 1 aromatic heterocycles. The van der Waals surface area contributed by atoms with Gasteiger partial charge in [0.1, 0.15) is 23.7 Å². The molecule has 2 amide bonds. The Morgan fingerprint density at radius 1 is 1.00 bits per heavy atom. The van der Waals surface area contributed by atoms with Crippen LogP contribution in [0.25, 0.3) is 11.4 Å². The van der Waals surface area contributed by atoms with E-state index >= 15 is 0 Å². The highest BCUT2D eigenvalue weighted by Crippen LogP contribution is 2.32. The lowest BCUT2D eigenvalue weighted by atomic mass is 9.97. The number of ether oxygens (including phenoxy) is 1. The lowest BCUT2D eigenvalue weighted by Crippen LogP contribution is -2.65. The van der Waals surface area contributed by atoms with E-state index in [9.17, 15) is 23.2 Å². The van der Waals surface area contributed by atoms with Crippen molar-refractivity contribution in [3.05, 3.63) is 83.7 Å². The summed E-state index contributed by atoms with van der Waals surface area (Å²) in [6.45, 7) is 5.35. The normalized spacial score (nSPS) is 18.2. The van der Waals surface area contributed by atoms with Gasteiger partial charge in [-0.25, -0.2) is 23.5 Å². The van der Waals surface area contributed by atoms with E-state index in [1.807, 2.05) is 24.3 Å². The Labute approximate surface area is 237 Å². The standard InChI is InChI=1S/C30H33F2N5O4/c1-18(2)29(39)37-19(3)16-36(26(30(40)41-4)25-22(31)7-5-8-23(25)32)17-24(37)28(38)35-15-20-9-11-21(12-10-20)27-33-13-6-14-34-27/h5-14,18-19,24,26H,15-17H2,1-4H3,(H,35,38)/t19-,24-,26+/m1/s1. The second kappa shape index (κ2) is 12.9.